The van der Waals surface area contributed by atoms with Gasteiger partial charge in [0.1, 0.15) is 0 Å². The summed E-state index contributed by atoms with van der Waals surface area (Å²) in [5, 5.41) is 8.07. The molecule has 0 radical (unpaired) electrons. The predicted molar refractivity (Wildman–Crippen MR) is 80.4 cm³/mol. The Balaban J connectivity index is 1.88. The number of rotatable bonds is 4. The van der Waals surface area contributed by atoms with Crippen LogP contribution in [0.1, 0.15) is 31.4 Å². The third kappa shape index (κ3) is 4.26. The molecule has 1 aromatic rings. The molecular weight excluding hydrogens is 290 g/mol. The van der Waals surface area contributed by atoms with Gasteiger partial charge in [0.15, 0.2) is 0 Å². The second-order valence-electron chi connectivity index (χ2n) is 5.36. The van der Waals surface area contributed by atoms with E-state index in [4.69, 9.17) is 5.14 Å². The van der Waals surface area contributed by atoms with Crippen LogP contribution in [0.2, 0.25) is 0 Å². The molecule has 0 spiro atoms. The molecule has 1 amide bonds. The van der Waals surface area contributed by atoms with Crippen molar-refractivity contribution >= 4 is 16.1 Å². The molecular formula is C14H21N3O3S. The van der Waals surface area contributed by atoms with Gasteiger partial charge in [-0.3, -0.25) is 4.79 Å². The Bertz CT molecular complexity index is 581. The summed E-state index contributed by atoms with van der Waals surface area (Å²) in [5.74, 6) is -0.186. The number of nitrogens with one attached hydrogen (secondary N) is 1. The van der Waals surface area contributed by atoms with Gasteiger partial charge in [-0.25, -0.2) is 5.14 Å². The average Bonchev–Trinajstić information content (AvgIpc) is 2.47. The second-order valence-corrected chi connectivity index (χ2v) is 6.91. The van der Waals surface area contributed by atoms with Crippen molar-refractivity contribution in [1.82, 2.24) is 9.62 Å². The predicted octanol–water partition coefficient (Wildman–Crippen LogP) is 0.779. The Morgan fingerprint density at radius 3 is 2.38 bits per heavy atom. The summed E-state index contributed by atoms with van der Waals surface area (Å²) in [4.78, 5) is 12.2. The van der Waals surface area contributed by atoms with Crippen LogP contribution in [0, 0.1) is 5.92 Å². The van der Waals surface area contributed by atoms with E-state index in [1.807, 2.05) is 37.3 Å². The van der Waals surface area contributed by atoms with E-state index in [-0.39, 0.29) is 17.9 Å². The molecule has 0 aliphatic carbocycles. The third-order valence-corrected chi connectivity index (χ3v) is 4.93. The lowest BCUT2D eigenvalue weighted by Crippen LogP contribution is -2.45. The van der Waals surface area contributed by atoms with Crippen molar-refractivity contribution in [2.75, 3.05) is 13.1 Å². The molecule has 1 fully saturated rings. The van der Waals surface area contributed by atoms with E-state index in [1.54, 1.807) is 0 Å². The highest BCUT2D eigenvalue weighted by atomic mass is 32.2. The molecule has 1 saturated heterocycles. The van der Waals surface area contributed by atoms with Gasteiger partial charge in [-0.05, 0) is 25.3 Å². The summed E-state index contributed by atoms with van der Waals surface area (Å²) in [6, 6.07) is 9.67. The van der Waals surface area contributed by atoms with Gasteiger partial charge in [-0.2, -0.15) is 12.7 Å². The Morgan fingerprint density at radius 2 is 1.86 bits per heavy atom. The highest BCUT2D eigenvalue weighted by molar-refractivity contribution is 7.86. The molecule has 3 N–H and O–H groups in total. The minimum atomic E-state index is -3.64. The van der Waals surface area contributed by atoms with Gasteiger partial charge in [-0.1, -0.05) is 30.3 Å². The number of benzene rings is 1. The van der Waals surface area contributed by atoms with Crippen LogP contribution in [0.25, 0.3) is 0 Å². The van der Waals surface area contributed by atoms with Gasteiger partial charge >= 0.3 is 0 Å². The minimum Gasteiger partial charge on any atom is -0.349 e. The molecule has 0 bridgehead atoms. The molecule has 1 heterocycles. The van der Waals surface area contributed by atoms with Gasteiger partial charge in [0.05, 0.1) is 6.04 Å². The van der Waals surface area contributed by atoms with Crippen LogP contribution < -0.4 is 10.5 Å². The van der Waals surface area contributed by atoms with E-state index >= 15 is 0 Å². The zero-order valence-corrected chi connectivity index (χ0v) is 12.8. The molecule has 116 valence electrons. The van der Waals surface area contributed by atoms with E-state index in [9.17, 15) is 13.2 Å². The van der Waals surface area contributed by atoms with E-state index in [0.29, 0.717) is 25.9 Å². The Labute approximate surface area is 125 Å². The number of hydrogen-bond donors (Lipinski definition) is 2. The van der Waals surface area contributed by atoms with Crippen LogP contribution in [-0.2, 0) is 15.0 Å². The van der Waals surface area contributed by atoms with Crippen LogP contribution >= 0.6 is 0 Å². The van der Waals surface area contributed by atoms with E-state index in [1.165, 1.54) is 4.31 Å². The zero-order chi connectivity index (χ0) is 15.5. The summed E-state index contributed by atoms with van der Waals surface area (Å²) >= 11 is 0. The molecule has 1 aromatic carbocycles. The highest BCUT2D eigenvalue weighted by Gasteiger charge is 2.29. The lowest BCUT2D eigenvalue weighted by molar-refractivity contribution is -0.126. The maximum atomic E-state index is 12.2. The molecule has 6 nitrogen and oxygen atoms in total. The zero-order valence-electron chi connectivity index (χ0n) is 12.0. The van der Waals surface area contributed by atoms with E-state index in [0.717, 1.165) is 5.56 Å². The van der Waals surface area contributed by atoms with E-state index < -0.39 is 10.2 Å². The molecule has 0 saturated carbocycles. The summed E-state index contributed by atoms with van der Waals surface area (Å²) in [5.41, 5.74) is 1.05. The normalized spacial score (nSPS) is 19.1. The van der Waals surface area contributed by atoms with Gasteiger partial charge < -0.3 is 5.32 Å². The summed E-state index contributed by atoms with van der Waals surface area (Å²) in [6.07, 6.45) is 1.01. The average molecular weight is 311 g/mol. The molecule has 1 aliphatic heterocycles. The van der Waals surface area contributed by atoms with Crippen molar-refractivity contribution in [3.05, 3.63) is 35.9 Å². The van der Waals surface area contributed by atoms with Gasteiger partial charge in [-0.15, -0.1) is 0 Å². The Hall–Kier alpha value is -1.44. The SMILES string of the molecule is C[C@H](NC(=O)C1CCN(S(N)(=O)=O)CC1)c1ccccc1. The summed E-state index contributed by atoms with van der Waals surface area (Å²) in [6.45, 7) is 2.54. The third-order valence-electron chi connectivity index (χ3n) is 3.84. The lowest BCUT2D eigenvalue weighted by Gasteiger charge is -2.29. The molecule has 0 unspecified atom stereocenters. The minimum absolute atomic E-state index is 0.0274. The van der Waals surface area contributed by atoms with Crippen molar-refractivity contribution in [2.45, 2.75) is 25.8 Å². The number of amides is 1. The van der Waals surface area contributed by atoms with Crippen LogP contribution in [-0.4, -0.2) is 31.7 Å². The number of hydrogen-bond acceptors (Lipinski definition) is 3. The van der Waals surface area contributed by atoms with Crippen molar-refractivity contribution in [3.63, 3.8) is 0 Å². The first-order valence-electron chi connectivity index (χ1n) is 7.01. The lowest BCUT2D eigenvalue weighted by atomic mass is 9.96. The van der Waals surface area contributed by atoms with Crippen molar-refractivity contribution in [2.24, 2.45) is 11.1 Å². The number of nitrogens with two attached hydrogens (primary N) is 1. The Kier molecular flexibility index (Phi) is 4.97. The molecule has 7 heteroatoms. The van der Waals surface area contributed by atoms with Crippen molar-refractivity contribution < 1.29 is 13.2 Å². The number of carbonyl (C=O) groups excluding carboxylic acids is 1. The van der Waals surface area contributed by atoms with Crippen molar-refractivity contribution in [3.8, 4) is 0 Å². The first-order chi connectivity index (χ1) is 9.88. The van der Waals surface area contributed by atoms with Gasteiger partial charge in [0.2, 0.25) is 5.91 Å². The molecule has 21 heavy (non-hydrogen) atoms. The van der Waals surface area contributed by atoms with Gasteiger partial charge in [0, 0.05) is 19.0 Å². The molecule has 1 aliphatic rings. The Morgan fingerprint density at radius 1 is 1.29 bits per heavy atom. The highest BCUT2D eigenvalue weighted by Crippen LogP contribution is 2.20. The van der Waals surface area contributed by atoms with Gasteiger partial charge in [0.25, 0.3) is 10.2 Å². The van der Waals surface area contributed by atoms with Crippen LogP contribution in [0.4, 0.5) is 0 Å². The first kappa shape index (κ1) is 15.9. The standard InChI is InChI=1S/C14H21N3O3S/c1-11(12-5-3-2-4-6-12)16-14(18)13-7-9-17(10-8-13)21(15,19)20/h2-6,11,13H,7-10H2,1H3,(H,16,18)(H2,15,19,20)/t11-/m0/s1. The largest absolute Gasteiger partial charge is 0.349 e. The summed E-state index contributed by atoms with van der Waals surface area (Å²) < 4.78 is 23.7. The topological polar surface area (TPSA) is 92.5 Å². The fourth-order valence-electron chi connectivity index (χ4n) is 2.53. The van der Waals surface area contributed by atoms with Crippen LogP contribution in [0.15, 0.2) is 30.3 Å². The molecule has 2 rings (SSSR count). The summed E-state index contributed by atoms with van der Waals surface area (Å²) in [7, 11) is -3.64. The monoisotopic (exact) mass is 311 g/mol. The quantitative estimate of drug-likeness (QED) is 0.860. The number of piperidine rings is 1. The number of nitrogens with zero attached hydrogens (tertiary/aromatic N) is 1. The maximum Gasteiger partial charge on any atom is 0.276 e. The fraction of sp³-hybridized carbons (Fsp3) is 0.500. The maximum absolute atomic E-state index is 12.2. The van der Waals surface area contributed by atoms with Crippen molar-refractivity contribution in [1.29, 1.82) is 0 Å². The molecule has 1 atom stereocenters. The van der Waals surface area contributed by atoms with E-state index in [2.05, 4.69) is 5.32 Å². The number of carbonyl (C=O) groups is 1. The smallest absolute Gasteiger partial charge is 0.276 e. The van der Waals surface area contributed by atoms with Crippen LogP contribution in [0.5, 0.6) is 0 Å². The van der Waals surface area contributed by atoms with Crippen LogP contribution in [0.3, 0.4) is 0 Å². The first-order valence-corrected chi connectivity index (χ1v) is 8.51. The fourth-order valence-corrected chi connectivity index (χ4v) is 3.25. The second kappa shape index (κ2) is 6.55. The molecule has 0 aromatic heterocycles.